The van der Waals surface area contributed by atoms with Gasteiger partial charge in [0.2, 0.25) is 0 Å². The third-order valence-corrected chi connectivity index (χ3v) is 12.1. The average molecular weight is 780 g/mol. The Kier molecular flexibility index (Phi) is 11.8. The fourth-order valence-electron chi connectivity index (χ4n) is 7.13. The number of fused-ring (bicyclic) bond motifs is 1. The summed E-state index contributed by atoms with van der Waals surface area (Å²) in [4.78, 5) is 25.1. The number of alkyl halides is 2. The van der Waals surface area contributed by atoms with Gasteiger partial charge in [-0.3, -0.25) is 4.79 Å². The number of hydrogen-bond donors (Lipinski definition) is 1. The minimum absolute atomic E-state index is 0.0417. The number of aryl methyl sites for hydroxylation is 1. The lowest BCUT2D eigenvalue weighted by molar-refractivity contribution is -0.0652. The van der Waals surface area contributed by atoms with E-state index in [-0.39, 0.29) is 54.8 Å². The molecule has 2 atom stereocenters. The summed E-state index contributed by atoms with van der Waals surface area (Å²) in [6.07, 6.45) is 3.58. The highest BCUT2D eigenvalue weighted by molar-refractivity contribution is 7.89. The molecule has 1 fully saturated rings. The smallest absolute Gasteiger partial charge is 0.261 e. The van der Waals surface area contributed by atoms with Gasteiger partial charge in [0.1, 0.15) is 28.8 Å². The summed E-state index contributed by atoms with van der Waals surface area (Å²) in [6, 6.07) is 14.8. The number of aromatic nitrogens is 2. The minimum Gasteiger partial charge on any atom is -0.497 e. The Morgan fingerprint density at radius 3 is 2.15 bits per heavy atom. The number of anilines is 2. The van der Waals surface area contributed by atoms with Crippen molar-refractivity contribution in [1.82, 2.24) is 14.3 Å². The number of benzene rings is 2. The SMILES string of the molecule is COc1ccc(CN(Cc2ccc(OC)cc2OC)S(=O)(=O)c2cc(NC(=O)c3cc4c(nc3N3CCC(F)(F)C(C)C3)CCCC4C)ccn2)c(OC)c1. The number of carbonyl (C=O) groups excluding carboxylic acids is 1. The Bertz CT molecular complexity index is 2090. The minimum atomic E-state index is -4.36. The molecule has 2 aromatic heterocycles. The van der Waals surface area contributed by atoms with Crippen LogP contribution in [0.4, 0.5) is 20.3 Å². The molecule has 2 aliphatic rings. The van der Waals surface area contributed by atoms with Crippen molar-refractivity contribution in [3.8, 4) is 23.0 Å². The molecule has 3 heterocycles. The molecule has 4 aromatic rings. The first-order valence-electron chi connectivity index (χ1n) is 18.1. The van der Waals surface area contributed by atoms with E-state index >= 15 is 0 Å². The third-order valence-electron chi connectivity index (χ3n) is 10.4. The van der Waals surface area contributed by atoms with Gasteiger partial charge in [-0.05, 0) is 55.0 Å². The van der Waals surface area contributed by atoms with Gasteiger partial charge in [-0.25, -0.2) is 27.2 Å². The second-order valence-corrected chi connectivity index (χ2v) is 15.9. The predicted molar refractivity (Wildman–Crippen MR) is 204 cm³/mol. The number of sulfonamides is 1. The van der Waals surface area contributed by atoms with Gasteiger partial charge < -0.3 is 29.2 Å². The molecule has 0 saturated carbocycles. The van der Waals surface area contributed by atoms with Crippen LogP contribution in [0.5, 0.6) is 23.0 Å². The Hall–Kier alpha value is -5.02. The molecule has 0 spiro atoms. The number of nitrogens with one attached hydrogen (secondary N) is 1. The highest BCUT2D eigenvalue weighted by Gasteiger charge is 2.42. The van der Waals surface area contributed by atoms with Crippen molar-refractivity contribution in [1.29, 1.82) is 0 Å². The number of amides is 1. The van der Waals surface area contributed by atoms with Crippen LogP contribution in [0.25, 0.3) is 0 Å². The summed E-state index contributed by atoms with van der Waals surface area (Å²) in [5.41, 5.74) is 3.37. The lowest BCUT2D eigenvalue weighted by atomic mass is 9.86. The molecular formula is C40H47F2N5O7S. The number of rotatable bonds is 13. The average Bonchev–Trinajstić information content (AvgIpc) is 3.18. The lowest BCUT2D eigenvalue weighted by Gasteiger charge is -2.38. The number of carbonyl (C=O) groups is 1. The summed E-state index contributed by atoms with van der Waals surface area (Å²) in [5.74, 6) is -1.84. The molecule has 1 amide bonds. The summed E-state index contributed by atoms with van der Waals surface area (Å²) in [5, 5.41) is 2.54. The van der Waals surface area contributed by atoms with Crippen LogP contribution in [0, 0.1) is 5.92 Å². The zero-order valence-electron chi connectivity index (χ0n) is 31.9. The second kappa shape index (κ2) is 16.4. The number of hydrogen-bond acceptors (Lipinski definition) is 10. The van der Waals surface area contributed by atoms with Gasteiger partial charge in [-0.2, -0.15) is 4.31 Å². The Morgan fingerprint density at radius 2 is 1.56 bits per heavy atom. The van der Waals surface area contributed by atoms with Crippen molar-refractivity contribution in [2.45, 2.75) is 69.5 Å². The number of halogens is 2. The monoisotopic (exact) mass is 779 g/mol. The summed E-state index contributed by atoms with van der Waals surface area (Å²) >= 11 is 0. The molecule has 6 rings (SSSR count). The van der Waals surface area contributed by atoms with Gasteiger partial charge >= 0.3 is 0 Å². The number of nitrogens with zero attached hydrogens (tertiary/aromatic N) is 4. The molecule has 1 aliphatic carbocycles. The van der Waals surface area contributed by atoms with Gasteiger partial charge in [0, 0.05) is 85.4 Å². The van der Waals surface area contributed by atoms with Crippen molar-refractivity contribution in [2.24, 2.45) is 5.92 Å². The summed E-state index contributed by atoms with van der Waals surface area (Å²) in [7, 11) is 1.67. The van der Waals surface area contributed by atoms with E-state index in [1.165, 1.54) is 58.0 Å². The molecule has 2 aromatic carbocycles. The molecular weight excluding hydrogens is 733 g/mol. The molecule has 0 radical (unpaired) electrons. The molecule has 1 aliphatic heterocycles. The Morgan fingerprint density at radius 1 is 0.927 bits per heavy atom. The fourth-order valence-corrected chi connectivity index (χ4v) is 8.48. The molecule has 15 heteroatoms. The Balaban J connectivity index is 1.35. The van der Waals surface area contributed by atoms with Crippen molar-refractivity contribution >= 4 is 27.4 Å². The maximum absolute atomic E-state index is 14.6. The maximum Gasteiger partial charge on any atom is 0.261 e. The van der Waals surface area contributed by atoms with E-state index in [1.807, 2.05) is 6.07 Å². The zero-order valence-corrected chi connectivity index (χ0v) is 32.7. The van der Waals surface area contributed by atoms with Crippen LogP contribution in [-0.2, 0) is 29.5 Å². The topological polar surface area (TPSA) is 132 Å². The fraction of sp³-hybridized carbons (Fsp3) is 0.425. The van der Waals surface area contributed by atoms with E-state index in [1.54, 1.807) is 41.3 Å². The van der Waals surface area contributed by atoms with E-state index in [4.69, 9.17) is 23.9 Å². The van der Waals surface area contributed by atoms with Crippen molar-refractivity contribution in [3.05, 3.63) is 88.7 Å². The largest absolute Gasteiger partial charge is 0.497 e. The lowest BCUT2D eigenvalue weighted by Crippen LogP contribution is -2.47. The number of piperidine rings is 1. The van der Waals surface area contributed by atoms with Gasteiger partial charge in [-0.1, -0.05) is 26.0 Å². The highest BCUT2D eigenvalue weighted by atomic mass is 32.2. The first-order chi connectivity index (χ1) is 26.3. The molecule has 12 nitrogen and oxygen atoms in total. The van der Waals surface area contributed by atoms with Crippen molar-refractivity contribution < 1.29 is 40.9 Å². The third kappa shape index (κ3) is 8.47. The first-order valence-corrected chi connectivity index (χ1v) is 19.6. The highest BCUT2D eigenvalue weighted by Crippen LogP contribution is 2.39. The van der Waals surface area contributed by atoms with Crippen LogP contribution >= 0.6 is 0 Å². The van der Waals surface area contributed by atoms with E-state index < -0.39 is 27.8 Å². The zero-order chi connectivity index (χ0) is 39.5. The number of methoxy groups -OCH3 is 4. The van der Waals surface area contributed by atoms with Crippen LogP contribution in [0.3, 0.4) is 0 Å². The van der Waals surface area contributed by atoms with Crippen LogP contribution in [-0.4, -0.2) is 76.0 Å². The second-order valence-electron chi connectivity index (χ2n) is 14.0. The molecule has 55 heavy (non-hydrogen) atoms. The molecule has 0 bridgehead atoms. The standard InChI is InChI=1S/C40H47F2N5O7S/c1-25-8-7-9-34-32(25)21-33(38(45-34)46-17-15-40(41,42)26(2)22-46)39(48)44-29-14-16-43-37(18-29)55(49,50)47(23-27-10-12-30(51-3)19-35(27)53-5)24-28-11-13-31(52-4)20-36(28)54-6/h10-14,16,18-21,25-26H,7-9,15,17,22-24H2,1-6H3,(H,43,44,48). The Labute approximate surface area is 320 Å². The van der Waals surface area contributed by atoms with Gasteiger partial charge in [0.05, 0.1) is 34.0 Å². The summed E-state index contributed by atoms with van der Waals surface area (Å²) in [6.45, 7) is 3.45. The molecule has 294 valence electrons. The number of ether oxygens (including phenoxy) is 4. The van der Waals surface area contributed by atoms with E-state index in [9.17, 15) is 22.0 Å². The van der Waals surface area contributed by atoms with E-state index in [0.717, 1.165) is 30.5 Å². The van der Waals surface area contributed by atoms with Crippen LogP contribution in [0.2, 0.25) is 0 Å². The van der Waals surface area contributed by atoms with Crippen LogP contribution < -0.4 is 29.2 Å². The maximum atomic E-state index is 14.6. The van der Waals surface area contributed by atoms with E-state index in [2.05, 4.69) is 17.2 Å². The quantitative estimate of drug-likeness (QED) is 0.150. The summed E-state index contributed by atoms with van der Waals surface area (Å²) < 4.78 is 81.3. The first kappa shape index (κ1) is 39.7. The van der Waals surface area contributed by atoms with Crippen LogP contribution in [0.1, 0.15) is 71.8 Å². The van der Waals surface area contributed by atoms with Crippen molar-refractivity contribution in [2.75, 3.05) is 51.7 Å². The molecule has 1 saturated heterocycles. The number of pyridine rings is 2. The van der Waals surface area contributed by atoms with Crippen LogP contribution in [0.15, 0.2) is 65.8 Å². The van der Waals surface area contributed by atoms with Crippen molar-refractivity contribution in [3.63, 3.8) is 0 Å². The molecule has 1 N–H and O–H groups in total. The van der Waals surface area contributed by atoms with Gasteiger partial charge in [0.15, 0.2) is 5.03 Å². The van der Waals surface area contributed by atoms with E-state index in [0.29, 0.717) is 39.9 Å². The van der Waals surface area contributed by atoms with Gasteiger partial charge in [-0.15, -0.1) is 0 Å². The molecule has 2 unspecified atom stereocenters. The predicted octanol–water partition coefficient (Wildman–Crippen LogP) is 7.08. The normalized spacial score (nSPS) is 18.0. The van der Waals surface area contributed by atoms with Gasteiger partial charge in [0.25, 0.3) is 21.9 Å².